The Bertz CT molecular complexity index is 200. The Morgan fingerprint density at radius 3 is 2.69 bits per heavy atom. The smallest absolute Gasteiger partial charge is 0.236 e. The van der Waals surface area contributed by atoms with E-state index in [1.165, 1.54) is 32.1 Å². The van der Waals surface area contributed by atoms with Gasteiger partial charge >= 0.3 is 0 Å². The Labute approximate surface area is 99.2 Å². The molecule has 0 bridgehead atoms. The number of rotatable bonds is 6. The monoisotopic (exact) mass is 226 g/mol. The summed E-state index contributed by atoms with van der Waals surface area (Å²) < 4.78 is 0. The van der Waals surface area contributed by atoms with Crippen molar-refractivity contribution in [3.63, 3.8) is 0 Å². The van der Waals surface area contributed by atoms with Gasteiger partial charge in [-0.15, -0.1) is 0 Å². The highest BCUT2D eigenvalue weighted by Gasteiger charge is 2.16. The normalized spacial score (nSPS) is 19.4. The van der Waals surface area contributed by atoms with Crippen molar-refractivity contribution in [3.05, 3.63) is 0 Å². The van der Waals surface area contributed by atoms with Gasteiger partial charge in [0.1, 0.15) is 0 Å². The topological polar surface area (TPSA) is 55.1 Å². The minimum absolute atomic E-state index is 0.0408. The fourth-order valence-electron chi connectivity index (χ4n) is 2.32. The van der Waals surface area contributed by atoms with Gasteiger partial charge < -0.3 is 11.1 Å². The second-order valence-electron chi connectivity index (χ2n) is 5.00. The predicted molar refractivity (Wildman–Crippen MR) is 67.1 cm³/mol. The maximum Gasteiger partial charge on any atom is 0.236 e. The maximum absolute atomic E-state index is 11.7. The molecule has 0 aromatic heterocycles. The van der Waals surface area contributed by atoms with Crippen LogP contribution >= 0.6 is 0 Å². The molecule has 0 radical (unpaired) electrons. The molecule has 3 heteroatoms. The fourth-order valence-corrected chi connectivity index (χ4v) is 2.32. The molecule has 0 aliphatic heterocycles. The Morgan fingerprint density at radius 2 is 2.06 bits per heavy atom. The van der Waals surface area contributed by atoms with E-state index in [-0.39, 0.29) is 11.9 Å². The van der Waals surface area contributed by atoms with Crippen LogP contribution in [0, 0.1) is 5.92 Å². The van der Waals surface area contributed by atoms with E-state index in [1.807, 2.05) is 0 Å². The highest BCUT2D eigenvalue weighted by atomic mass is 16.2. The maximum atomic E-state index is 11.7. The lowest BCUT2D eigenvalue weighted by molar-refractivity contribution is -0.122. The zero-order chi connectivity index (χ0) is 11.8. The van der Waals surface area contributed by atoms with Gasteiger partial charge in [0.05, 0.1) is 6.04 Å². The van der Waals surface area contributed by atoms with Gasteiger partial charge in [-0.2, -0.15) is 0 Å². The summed E-state index contributed by atoms with van der Waals surface area (Å²) in [7, 11) is 0. The van der Waals surface area contributed by atoms with Gasteiger partial charge in [-0.3, -0.25) is 4.79 Å². The van der Waals surface area contributed by atoms with Gasteiger partial charge in [-0.05, 0) is 25.2 Å². The van der Waals surface area contributed by atoms with Gasteiger partial charge in [0, 0.05) is 6.54 Å². The molecule has 0 saturated heterocycles. The Balaban J connectivity index is 2.12. The number of amides is 1. The van der Waals surface area contributed by atoms with E-state index < -0.39 is 0 Å². The Hall–Kier alpha value is -0.570. The van der Waals surface area contributed by atoms with Crippen LogP contribution in [0.2, 0.25) is 0 Å². The zero-order valence-corrected chi connectivity index (χ0v) is 10.5. The highest BCUT2D eigenvalue weighted by molar-refractivity contribution is 5.81. The van der Waals surface area contributed by atoms with E-state index in [9.17, 15) is 4.79 Å². The van der Waals surface area contributed by atoms with Gasteiger partial charge in [0.25, 0.3) is 0 Å². The SMILES string of the molecule is CCCC[C@H](N)C(=O)NCC1CCCCC1. The van der Waals surface area contributed by atoms with Crippen molar-refractivity contribution < 1.29 is 4.79 Å². The van der Waals surface area contributed by atoms with Gasteiger partial charge in [0.2, 0.25) is 5.91 Å². The molecule has 3 N–H and O–H groups in total. The number of unbranched alkanes of at least 4 members (excludes halogenated alkanes) is 1. The van der Waals surface area contributed by atoms with E-state index in [1.54, 1.807) is 0 Å². The molecule has 3 nitrogen and oxygen atoms in total. The minimum atomic E-state index is -0.302. The average molecular weight is 226 g/mol. The molecule has 1 rings (SSSR count). The van der Waals surface area contributed by atoms with Crippen molar-refractivity contribution in [3.8, 4) is 0 Å². The zero-order valence-electron chi connectivity index (χ0n) is 10.5. The lowest BCUT2D eigenvalue weighted by Gasteiger charge is -2.22. The number of carbonyl (C=O) groups excluding carboxylic acids is 1. The molecule has 0 heterocycles. The van der Waals surface area contributed by atoms with E-state index >= 15 is 0 Å². The second-order valence-corrected chi connectivity index (χ2v) is 5.00. The van der Waals surface area contributed by atoms with Crippen LogP contribution in [-0.4, -0.2) is 18.5 Å². The van der Waals surface area contributed by atoms with Crippen molar-refractivity contribution in [2.24, 2.45) is 11.7 Å². The molecule has 94 valence electrons. The van der Waals surface area contributed by atoms with E-state index in [0.29, 0.717) is 5.92 Å². The molecule has 0 aromatic carbocycles. The molecule has 1 aliphatic rings. The first-order valence-corrected chi connectivity index (χ1v) is 6.77. The third kappa shape index (κ3) is 4.97. The first kappa shape index (κ1) is 13.5. The molecule has 16 heavy (non-hydrogen) atoms. The van der Waals surface area contributed by atoms with Crippen LogP contribution in [0.3, 0.4) is 0 Å². The summed E-state index contributed by atoms with van der Waals surface area (Å²) in [6.45, 7) is 2.95. The number of carbonyl (C=O) groups is 1. The summed E-state index contributed by atoms with van der Waals surface area (Å²) in [6.07, 6.45) is 9.49. The Kier molecular flexibility index (Phi) is 6.46. The highest BCUT2D eigenvalue weighted by Crippen LogP contribution is 2.22. The van der Waals surface area contributed by atoms with Crippen LogP contribution in [0.25, 0.3) is 0 Å². The van der Waals surface area contributed by atoms with Crippen LogP contribution in [0.4, 0.5) is 0 Å². The molecule has 1 atom stereocenters. The number of nitrogens with two attached hydrogens (primary N) is 1. The third-order valence-corrected chi connectivity index (χ3v) is 3.50. The van der Waals surface area contributed by atoms with Crippen LogP contribution in [0.5, 0.6) is 0 Å². The molecule has 0 spiro atoms. The average Bonchev–Trinajstić information content (AvgIpc) is 2.34. The van der Waals surface area contributed by atoms with Crippen molar-refractivity contribution >= 4 is 5.91 Å². The summed E-state index contributed by atoms with van der Waals surface area (Å²) >= 11 is 0. The molecule has 1 fully saturated rings. The summed E-state index contributed by atoms with van der Waals surface area (Å²) in [5.74, 6) is 0.732. The first-order chi connectivity index (χ1) is 7.74. The quantitative estimate of drug-likeness (QED) is 0.729. The van der Waals surface area contributed by atoms with Crippen molar-refractivity contribution in [2.45, 2.75) is 64.3 Å². The van der Waals surface area contributed by atoms with Crippen LogP contribution in [-0.2, 0) is 4.79 Å². The predicted octanol–water partition coefficient (Wildman–Crippen LogP) is 2.20. The molecule has 0 aromatic rings. The summed E-state index contributed by atoms with van der Waals surface area (Å²) in [6, 6.07) is -0.302. The molecular formula is C13H26N2O. The molecule has 0 unspecified atom stereocenters. The molecule has 1 saturated carbocycles. The summed E-state index contributed by atoms with van der Waals surface area (Å²) in [5.41, 5.74) is 5.81. The van der Waals surface area contributed by atoms with Gasteiger partial charge in [-0.1, -0.05) is 39.0 Å². The Morgan fingerprint density at radius 1 is 1.38 bits per heavy atom. The third-order valence-electron chi connectivity index (χ3n) is 3.50. The largest absolute Gasteiger partial charge is 0.354 e. The van der Waals surface area contributed by atoms with Crippen molar-refractivity contribution in [1.82, 2.24) is 5.32 Å². The number of hydrogen-bond acceptors (Lipinski definition) is 2. The lowest BCUT2D eigenvalue weighted by Crippen LogP contribution is -2.42. The van der Waals surface area contributed by atoms with Gasteiger partial charge in [-0.25, -0.2) is 0 Å². The molecule has 1 aliphatic carbocycles. The van der Waals surface area contributed by atoms with E-state index in [4.69, 9.17) is 5.73 Å². The van der Waals surface area contributed by atoms with Crippen LogP contribution < -0.4 is 11.1 Å². The first-order valence-electron chi connectivity index (χ1n) is 6.77. The fraction of sp³-hybridized carbons (Fsp3) is 0.923. The molecular weight excluding hydrogens is 200 g/mol. The lowest BCUT2D eigenvalue weighted by atomic mass is 9.89. The van der Waals surface area contributed by atoms with Crippen molar-refractivity contribution in [1.29, 1.82) is 0 Å². The minimum Gasteiger partial charge on any atom is -0.354 e. The van der Waals surface area contributed by atoms with Crippen molar-refractivity contribution in [2.75, 3.05) is 6.54 Å². The second kappa shape index (κ2) is 7.66. The van der Waals surface area contributed by atoms with Gasteiger partial charge in [0.15, 0.2) is 0 Å². The van der Waals surface area contributed by atoms with E-state index in [0.717, 1.165) is 25.8 Å². The number of hydrogen-bond donors (Lipinski definition) is 2. The van der Waals surface area contributed by atoms with Crippen LogP contribution in [0.15, 0.2) is 0 Å². The summed E-state index contributed by atoms with van der Waals surface area (Å²) in [4.78, 5) is 11.7. The van der Waals surface area contributed by atoms with Crippen LogP contribution in [0.1, 0.15) is 58.3 Å². The standard InChI is InChI=1S/C13H26N2O/c1-2-3-9-12(14)13(16)15-10-11-7-5-4-6-8-11/h11-12H,2-10,14H2,1H3,(H,15,16)/t12-/m0/s1. The number of nitrogens with one attached hydrogen (secondary N) is 1. The van der Waals surface area contributed by atoms with E-state index in [2.05, 4.69) is 12.2 Å². The molecule has 1 amide bonds. The summed E-state index contributed by atoms with van der Waals surface area (Å²) in [5, 5.41) is 3.00.